The van der Waals surface area contributed by atoms with E-state index >= 15 is 0 Å². The van der Waals surface area contributed by atoms with Crippen molar-refractivity contribution in [2.24, 2.45) is 0 Å². The lowest BCUT2D eigenvalue weighted by atomic mass is 10.00. The Balaban J connectivity index is 1.27. The minimum absolute atomic E-state index is 0.573. The van der Waals surface area contributed by atoms with E-state index < -0.39 is 0 Å². The minimum atomic E-state index is 0.573. The first-order valence-corrected chi connectivity index (χ1v) is 13.6. The lowest BCUT2D eigenvalue weighted by Gasteiger charge is -2.34. The second-order valence-electron chi connectivity index (χ2n) is 9.99. The summed E-state index contributed by atoms with van der Waals surface area (Å²) in [6.07, 6.45) is 1.87. The number of aromatic nitrogens is 1. The van der Waals surface area contributed by atoms with Crippen LogP contribution in [-0.2, 0) is 0 Å². The Hall–Kier alpha value is -6.06. The maximum Gasteiger partial charge on any atom is 0.151 e. The third kappa shape index (κ3) is 3.76. The van der Waals surface area contributed by atoms with Crippen molar-refractivity contribution >= 4 is 34.3 Å². The van der Waals surface area contributed by atoms with Crippen LogP contribution in [0.3, 0.4) is 0 Å². The molecule has 0 amide bonds. The Morgan fingerprint density at radius 1 is 0.524 bits per heavy atom. The van der Waals surface area contributed by atoms with Gasteiger partial charge in [-0.3, -0.25) is 4.90 Å². The van der Waals surface area contributed by atoms with E-state index in [1.165, 1.54) is 0 Å². The second kappa shape index (κ2) is 9.54. The fraction of sp³-hybridized carbons (Fsp3) is 0. The van der Waals surface area contributed by atoms with Gasteiger partial charge >= 0.3 is 0 Å². The van der Waals surface area contributed by atoms with Gasteiger partial charge in [-0.25, -0.2) is 4.98 Å². The molecule has 2 aliphatic heterocycles. The molecule has 0 unspecified atom stereocenters. The number of hydrogen-bond acceptors (Lipinski definition) is 6. The van der Waals surface area contributed by atoms with E-state index in [0.717, 1.165) is 68.4 Å². The summed E-state index contributed by atoms with van der Waals surface area (Å²) in [6, 6.07) is 44.0. The highest BCUT2D eigenvalue weighted by molar-refractivity contribution is 5.93. The van der Waals surface area contributed by atoms with E-state index in [9.17, 15) is 5.26 Å². The van der Waals surface area contributed by atoms with Gasteiger partial charge < -0.3 is 14.4 Å². The quantitative estimate of drug-likeness (QED) is 0.221. The number of nitrogens with zero attached hydrogens (tertiary/aromatic N) is 4. The van der Waals surface area contributed by atoms with Gasteiger partial charge in [0.05, 0.1) is 40.1 Å². The maximum absolute atomic E-state index is 9.81. The first kappa shape index (κ1) is 23.8. The highest BCUT2D eigenvalue weighted by atomic mass is 16.5. The molecule has 0 radical (unpaired) electrons. The van der Waals surface area contributed by atoms with Gasteiger partial charge in [0.25, 0.3) is 0 Å². The number of para-hydroxylation sites is 8. The standard InChI is InChI=1S/C36H22N4O2/c37-22-24-17-19-27(39-28-9-1-5-13-32(28)41-33-14-6-2-10-29(33)39)26(21-24)25-18-20-36(38-23-25)40-30-11-3-7-15-34(30)42-35-16-8-4-12-31(35)40/h1-21,23H. The SMILES string of the molecule is N#Cc1ccc(N2c3ccccc3Oc3ccccc32)c(-c2ccc(N3c4ccccc4Oc4ccccc43)nc2)c1. The summed E-state index contributed by atoms with van der Waals surface area (Å²) in [4.78, 5) is 9.25. The Labute approximate surface area is 242 Å². The normalized spacial score (nSPS) is 12.5. The molecule has 2 aliphatic rings. The zero-order chi connectivity index (χ0) is 28.0. The monoisotopic (exact) mass is 542 g/mol. The van der Waals surface area contributed by atoms with Gasteiger partial charge in [0, 0.05) is 17.3 Å². The average Bonchev–Trinajstić information content (AvgIpc) is 3.06. The van der Waals surface area contributed by atoms with Gasteiger partial charge in [-0.1, -0.05) is 48.5 Å². The number of pyridine rings is 1. The molecule has 0 spiro atoms. The first-order chi connectivity index (χ1) is 20.8. The van der Waals surface area contributed by atoms with Crippen molar-refractivity contribution in [3.63, 3.8) is 0 Å². The molecule has 42 heavy (non-hydrogen) atoms. The molecule has 0 bridgehead atoms. The molecule has 0 N–H and O–H groups in total. The highest BCUT2D eigenvalue weighted by Gasteiger charge is 2.29. The summed E-state index contributed by atoms with van der Waals surface area (Å²) in [5.41, 5.74) is 6.97. The fourth-order valence-electron chi connectivity index (χ4n) is 5.63. The zero-order valence-electron chi connectivity index (χ0n) is 22.3. The van der Waals surface area contributed by atoms with Crippen molar-refractivity contribution in [3.05, 3.63) is 139 Å². The molecule has 1 aromatic heterocycles. The van der Waals surface area contributed by atoms with Crippen LogP contribution in [0.5, 0.6) is 23.0 Å². The van der Waals surface area contributed by atoms with Crippen LogP contribution >= 0.6 is 0 Å². The number of benzene rings is 5. The maximum atomic E-state index is 9.81. The number of anilines is 6. The van der Waals surface area contributed by atoms with E-state index in [1.807, 2.05) is 128 Å². The number of ether oxygens (including phenoxy) is 2. The van der Waals surface area contributed by atoms with E-state index in [4.69, 9.17) is 14.5 Å². The third-order valence-corrected chi connectivity index (χ3v) is 7.52. The summed E-state index contributed by atoms with van der Waals surface area (Å²) in [5.74, 6) is 3.85. The molecular formula is C36H22N4O2. The van der Waals surface area contributed by atoms with E-state index in [1.54, 1.807) is 0 Å². The van der Waals surface area contributed by atoms with Crippen molar-refractivity contribution in [3.8, 4) is 40.2 Å². The molecule has 0 saturated carbocycles. The molecule has 6 heteroatoms. The van der Waals surface area contributed by atoms with E-state index in [0.29, 0.717) is 5.56 Å². The Kier molecular flexibility index (Phi) is 5.41. The fourth-order valence-corrected chi connectivity index (χ4v) is 5.63. The molecule has 0 aliphatic carbocycles. The van der Waals surface area contributed by atoms with Gasteiger partial charge in [-0.15, -0.1) is 0 Å². The van der Waals surface area contributed by atoms with Crippen LogP contribution in [0.25, 0.3) is 11.1 Å². The van der Waals surface area contributed by atoms with Gasteiger partial charge in [-0.2, -0.15) is 5.26 Å². The number of fused-ring (bicyclic) bond motifs is 4. The Morgan fingerprint density at radius 2 is 1.02 bits per heavy atom. The van der Waals surface area contributed by atoms with Crippen LogP contribution in [0.1, 0.15) is 5.56 Å². The van der Waals surface area contributed by atoms with Crippen molar-refractivity contribution < 1.29 is 9.47 Å². The molecule has 5 aromatic carbocycles. The van der Waals surface area contributed by atoms with Gasteiger partial charge in [-0.05, 0) is 78.9 Å². The van der Waals surface area contributed by atoms with Crippen LogP contribution in [0.2, 0.25) is 0 Å². The molecule has 6 aromatic rings. The van der Waals surface area contributed by atoms with Crippen molar-refractivity contribution in [2.45, 2.75) is 0 Å². The molecule has 198 valence electrons. The van der Waals surface area contributed by atoms with Crippen molar-refractivity contribution in [1.29, 1.82) is 5.26 Å². The van der Waals surface area contributed by atoms with Gasteiger partial charge in [0.15, 0.2) is 23.0 Å². The number of rotatable bonds is 3. The van der Waals surface area contributed by atoms with Crippen LogP contribution in [0, 0.1) is 11.3 Å². The molecular weight excluding hydrogens is 520 g/mol. The second-order valence-corrected chi connectivity index (χ2v) is 9.99. The summed E-state index contributed by atoms with van der Waals surface area (Å²) < 4.78 is 12.4. The summed E-state index contributed by atoms with van der Waals surface area (Å²) in [7, 11) is 0. The molecule has 8 rings (SSSR count). The number of nitriles is 1. The van der Waals surface area contributed by atoms with E-state index in [-0.39, 0.29) is 0 Å². The molecule has 0 atom stereocenters. The van der Waals surface area contributed by atoms with Crippen molar-refractivity contribution in [2.75, 3.05) is 9.80 Å². The Morgan fingerprint density at radius 3 is 1.50 bits per heavy atom. The predicted molar refractivity (Wildman–Crippen MR) is 164 cm³/mol. The van der Waals surface area contributed by atoms with Crippen LogP contribution in [-0.4, -0.2) is 4.98 Å². The largest absolute Gasteiger partial charge is 0.453 e. The van der Waals surface area contributed by atoms with Gasteiger partial charge in [0.2, 0.25) is 0 Å². The smallest absolute Gasteiger partial charge is 0.151 e. The van der Waals surface area contributed by atoms with Crippen LogP contribution < -0.4 is 19.3 Å². The topological polar surface area (TPSA) is 61.6 Å². The lowest BCUT2D eigenvalue weighted by molar-refractivity contribution is 0.476. The van der Waals surface area contributed by atoms with Crippen molar-refractivity contribution in [1.82, 2.24) is 4.98 Å². The average molecular weight is 543 g/mol. The first-order valence-electron chi connectivity index (χ1n) is 13.6. The minimum Gasteiger partial charge on any atom is -0.453 e. The summed E-state index contributed by atoms with van der Waals surface area (Å²) in [5, 5.41) is 9.81. The highest BCUT2D eigenvalue weighted by Crippen LogP contribution is 2.53. The van der Waals surface area contributed by atoms with Crippen LogP contribution in [0.15, 0.2) is 134 Å². The predicted octanol–water partition coefficient (Wildman–Crippen LogP) is 9.77. The zero-order valence-corrected chi connectivity index (χ0v) is 22.3. The summed E-state index contributed by atoms with van der Waals surface area (Å²) in [6.45, 7) is 0. The molecule has 0 fully saturated rings. The van der Waals surface area contributed by atoms with Crippen LogP contribution in [0.4, 0.5) is 34.3 Å². The molecule has 0 saturated heterocycles. The Bertz CT molecular complexity index is 1940. The number of hydrogen-bond donors (Lipinski definition) is 0. The van der Waals surface area contributed by atoms with Gasteiger partial charge in [0.1, 0.15) is 5.82 Å². The van der Waals surface area contributed by atoms with E-state index in [2.05, 4.69) is 21.9 Å². The summed E-state index contributed by atoms with van der Waals surface area (Å²) >= 11 is 0. The molecule has 3 heterocycles. The molecule has 6 nitrogen and oxygen atoms in total. The third-order valence-electron chi connectivity index (χ3n) is 7.52. The lowest BCUT2D eigenvalue weighted by Crippen LogP contribution is -2.17.